The van der Waals surface area contributed by atoms with Crippen molar-refractivity contribution in [3.63, 3.8) is 0 Å². The molecule has 1 saturated carbocycles. The first-order chi connectivity index (χ1) is 24.2. The molecular weight excluding hydrogens is 675 g/mol. The predicted octanol–water partition coefficient (Wildman–Crippen LogP) is 3.28. The zero-order valence-electron chi connectivity index (χ0n) is 28.4. The highest BCUT2D eigenvalue weighted by Crippen LogP contribution is 2.32. The molecule has 2 aromatic heterocycles. The first-order valence-electron chi connectivity index (χ1n) is 17.1. The number of hydrogen-bond acceptors (Lipinski definition) is 10. The number of alkyl halides is 1. The van der Waals surface area contributed by atoms with Gasteiger partial charge in [-0.25, -0.2) is 9.29 Å². The minimum Gasteiger partial charge on any atom is -0.345 e. The zero-order chi connectivity index (χ0) is 35.2. The van der Waals surface area contributed by atoms with Gasteiger partial charge in [-0.1, -0.05) is 24.3 Å². The van der Waals surface area contributed by atoms with Gasteiger partial charge in [0.05, 0.1) is 17.8 Å². The normalized spacial score (nSPS) is 20.9. The molecule has 13 nitrogen and oxygen atoms in total. The van der Waals surface area contributed by atoms with Gasteiger partial charge in [-0.15, -0.1) is 22.6 Å². The topological polar surface area (TPSA) is 198 Å². The van der Waals surface area contributed by atoms with Crippen molar-refractivity contribution in [2.75, 3.05) is 24.5 Å². The molecule has 2 fully saturated rings. The number of aryl methyl sites for hydroxylation is 1. The van der Waals surface area contributed by atoms with Crippen LogP contribution < -0.4 is 27.0 Å². The minimum absolute atomic E-state index is 0. The lowest BCUT2D eigenvalue weighted by molar-refractivity contribution is -0.130. The van der Waals surface area contributed by atoms with Gasteiger partial charge < -0.3 is 22.1 Å². The molecule has 4 aromatic rings. The summed E-state index contributed by atoms with van der Waals surface area (Å²) >= 11 is 0. The van der Waals surface area contributed by atoms with Crippen LogP contribution in [0.4, 0.5) is 10.1 Å². The number of pyridine rings is 1. The van der Waals surface area contributed by atoms with E-state index in [1.165, 1.54) is 4.90 Å². The fourth-order valence-corrected chi connectivity index (χ4v) is 6.77. The quantitative estimate of drug-likeness (QED) is 0.162. The Kier molecular flexibility index (Phi) is 12.6. The van der Waals surface area contributed by atoms with Crippen molar-refractivity contribution in [2.45, 2.75) is 63.7 Å². The number of nitrogens with one attached hydrogen (secondary N) is 3. The number of piperidine rings is 1. The fraction of sp³-hybridized carbons (Fsp3) is 0.417. The molecule has 1 saturated heterocycles. The highest BCUT2D eigenvalue weighted by atomic mass is 35.5. The van der Waals surface area contributed by atoms with Crippen LogP contribution in [0.1, 0.15) is 53.7 Å². The second-order valence-corrected chi connectivity index (χ2v) is 13.2. The summed E-state index contributed by atoms with van der Waals surface area (Å²) in [5, 5.41) is 19.8. The number of nitrogens with two attached hydrogens (primary N) is 2. The molecule has 15 heteroatoms. The SMILES string of the molecule is Cc1cc(C(=O)NC2CCNCC2F)ncc1-c1ccc(C[C@H](N)C(=O)N(C(=O)C2CCC(CN)CC2)c2ccc(-c3nn[nH]n3)cc2)cc1.Cl. The number of halogens is 2. The molecule has 2 aromatic carbocycles. The van der Waals surface area contributed by atoms with Crippen LogP contribution in [0.2, 0.25) is 0 Å². The van der Waals surface area contributed by atoms with Gasteiger partial charge >= 0.3 is 0 Å². The Morgan fingerprint density at radius 3 is 2.35 bits per heavy atom. The van der Waals surface area contributed by atoms with Crippen molar-refractivity contribution in [2.24, 2.45) is 23.3 Å². The molecule has 2 unspecified atom stereocenters. The summed E-state index contributed by atoms with van der Waals surface area (Å²) in [6, 6.07) is 14.7. The van der Waals surface area contributed by atoms with Crippen LogP contribution in [0.5, 0.6) is 0 Å². The molecule has 270 valence electrons. The molecule has 0 radical (unpaired) electrons. The predicted molar refractivity (Wildman–Crippen MR) is 194 cm³/mol. The van der Waals surface area contributed by atoms with Crippen molar-refractivity contribution in [1.82, 2.24) is 36.2 Å². The lowest BCUT2D eigenvalue weighted by atomic mass is 9.81. The number of benzene rings is 2. The number of hydrogen-bond donors (Lipinski definition) is 5. The van der Waals surface area contributed by atoms with E-state index >= 15 is 0 Å². The van der Waals surface area contributed by atoms with Gasteiger partial charge in [-0.2, -0.15) is 5.21 Å². The number of anilines is 1. The average molecular weight is 719 g/mol. The Morgan fingerprint density at radius 2 is 1.73 bits per heavy atom. The van der Waals surface area contributed by atoms with Crippen molar-refractivity contribution in [3.8, 4) is 22.5 Å². The third-order valence-corrected chi connectivity index (χ3v) is 9.80. The Balaban J connectivity index is 0.00000504. The summed E-state index contributed by atoms with van der Waals surface area (Å²) in [5.41, 5.74) is 17.1. The van der Waals surface area contributed by atoms with E-state index in [0.29, 0.717) is 55.3 Å². The van der Waals surface area contributed by atoms with E-state index < -0.39 is 30.1 Å². The van der Waals surface area contributed by atoms with Crippen LogP contribution in [0.15, 0.2) is 60.8 Å². The number of nitrogens with zero attached hydrogens (tertiary/aromatic N) is 5. The van der Waals surface area contributed by atoms with Crippen LogP contribution in [-0.4, -0.2) is 81.2 Å². The second-order valence-electron chi connectivity index (χ2n) is 13.2. The number of tetrazole rings is 1. The summed E-state index contributed by atoms with van der Waals surface area (Å²) in [6.07, 6.45) is 4.24. The van der Waals surface area contributed by atoms with E-state index in [2.05, 4.69) is 36.2 Å². The van der Waals surface area contributed by atoms with E-state index in [1.54, 1.807) is 36.5 Å². The maximum atomic E-state index is 14.2. The molecule has 0 bridgehead atoms. The molecule has 7 N–H and O–H groups in total. The Morgan fingerprint density at radius 1 is 1.02 bits per heavy atom. The third kappa shape index (κ3) is 8.82. The number of aromatic nitrogens is 5. The Labute approximate surface area is 301 Å². The van der Waals surface area contributed by atoms with Gasteiger partial charge in [0.15, 0.2) is 0 Å². The van der Waals surface area contributed by atoms with Crippen LogP contribution >= 0.6 is 12.4 Å². The standard InChI is InChI=1S/C36H43FN10O3.ClH/c1-21-16-32(34(48)42-31-14-15-40-20-29(31)37)41-19-28(21)24-6-2-22(3-7-24)17-30(39)36(50)47(35(49)26-8-4-23(18-38)5-9-26)27-12-10-25(11-13-27)33-43-45-46-44-33;/h2-3,6-7,10-13,16,19,23,26,29-31,40H,4-5,8-9,14-15,17-18,20,38-39H2,1H3,(H,42,48)(H,43,44,45,46);1H/t23?,26?,29?,30-,31?;/m0./s1. The Bertz CT molecular complexity index is 1780. The first-order valence-corrected chi connectivity index (χ1v) is 17.1. The van der Waals surface area contributed by atoms with Gasteiger partial charge in [-0.3, -0.25) is 19.4 Å². The Hall–Kier alpha value is -4.63. The molecule has 1 aliphatic heterocycles. The smallest absolute Gasteiger partial charge is 0.270 e. The third-order valence-electron chi connectivity index (χ3n) is 9.80. The van der Waals surface area contributed by atoms with Gasteiger partial charge in [0.25, 0.3) is 11.8 Å². The van der Waals surface area contributed by atoms with E-state index in [-0.39, 0.29) is 42.9 Å². The largest absolute Gasteiger partial charge is 0.345 e. The summed E-state index contributed by atoms with van der Waals surface area (Å²) in [6.45, 7) is 3.34. The lowest BCUT2D eigenvalue weighted by Crippen LogP contribution is -2.51. The summed E-state index contributed by atoms with van der Waals surface area (Å²) < 4.78 is 14.2. The number of amides is 3. The van der Waals surface area contributed by atoms with Crippen molar-refractivity contribution >= 4 is 35.8 Å². The van der Waals surface area contributed by atoms with E-state index in [9.17, 15) is 18.8 Å². The lowest BCUT2D eigenvalue weighted by Gasteiger charge is -2.32. The zero-order valence-corrected chi connectivity index (χ0v) is 29.2. The van der Waals surface area contributed by atoms with E-state index in [4.69, 9.17) is 11.5 Å². The van der Waals surface area contributed by atoms with Crippen LogP contribution in [0, 0.1) is 18.8 Å². The fourth-order valence-electron chi connectivity index (χ4n) is 6.77. The number of rotatable bonds is 10. The molecule has 3 atom stereocenters. The van der Waals surface area contributed by atoms with E-state index in [0.717, 1.165) is 35.1 Å². The first kappa shape index (κ1) is 37.6. The molecule has 6 rings (SSSR count). The maximum Gasteiger partial charge on any atom is 0.270 e. The molecule has 2 aliphatic rings. The molecule has 3 heterocycles. The van der Waals surface area contributed by atoms with Crippen molar-refractivity contribution in [3.05, 3.63) is 77.6 Å². The number of carbonyl (C=O) groups excluding carboxylic acids is 3. The number of carbonyl (C=O) groups is 3. The van der Waals surface area contributed by atoms with Gasteiger partial charge in [-0.05, 0) is 117 Å². The number of aromatic amines is 1. The molecule has 0 spiro atoms. The molecule has 51 heavy (non-hydrogen) atoms. The number of imide groups is 1. The molecule has 3 amide bonds. The molecular formula is C36H44ClFN10O3. The van der Waals surface area contributed by atoms with E-state index in [1.807, 2.05) is 31.2 Å². The van der Waals surface area contributed by atoms with Crippen LogP contribution in [0.25, 0.3) is 22.5 Å². The monoisotopic (exact) mass is 718 g/mol. The summed E-state index contributed by atoms with van der Waals surface area (Å²) in [4.78, 5) is 46.3. The second kappa shape index (κ2) is 17.1. The van der Waals surface area contributed by atoms with Gasteiger partial charge in [0.1, 0.15) is 11.9 Å². The average Bonchev–Trinajstić information content (AvgIpc) is 3.69. The maximum absolute atomic E-state index is 14.2. The summed E-state index contributed by atoms with van der Waals surface area (Å²) in [7, 11) is 0. The number of H-pyrrole nitrogens is 1. The van der Waals surface area contributed by atoms with Crippen LogP contribution in [0.3, 0.4) is 0 Å². The van der Waals surface area contributed by atoms with Crippen LogP contribution in [-0.2, 0) is 16.0 Å². The van der Waals surface area contributed by atoms with Gasteiger partial charge in [0, 0.05) is 29.8 Å². The minimum atomic E-state index is -1.14. The van der Waals surface area contributed by atoms with Crippen molar-refractivity contribution in [1.29, 1.82) is 0 Å². The summed E-state index contributed by atoms with van der Waals surface area (Å²) in [5.74, 6) is -0.660. The van der Waals surface area contributed by atoms with Crippen molar-refractivity contribution < 1.29 is 18.8 Å². The highest BCUT2D eigenvalue weighted by molar-refractivity contribution is 6.17. The van der Waals surface area contributed by atoms with Gasteiger partial charge in [0.2, 0.25) is 11.7 Å². The molecule has 1 aliphatic carbocycles. The highest BCUT2D eigenvalue weighted by Gasteiger charge is 2.35.